The van der Waals surface area contributed by atoms with Crippen LogP contribution in [0, 0.1) is 0 Å². The third-order valence-corrected chi connectivity index (χ3v) is 4.70. The predicted molar refractivity (Wildman–Crippen MR) is 102 cm³/mol. The van der Waals surface area contributed by atoms with Crippen LogP contribution in [0.1, 0.15) is 38.5 Å². The first kappa shape index (κ1) is 16.5. The van der Waals surface area contributed by atoms with E-state index in [1.54, 1.807) is 24.0 Å². The number of imidazole rings is 1. The Balaban J connectivity index is 0.000000240. The lowest BCUT2D eigenvalue weighted by atomic mass is 10.0. The second-order valence-corrected chi connectivity index (χ2v) is 6.49. The van der Waals surface area contributed by atoms with E-state index < -0.39 is 0 Å². The topological polar surface area (TPSA) is 72.4 Å². The number of hydrogen-bond donors (Lipinski definition) is 1. The van der Waals surface area contributed by atoms with E-state index in [2.05, 4.69) is 25.4 Å². The molecule has 5 rings (SSSR count). The molecule has 26 heavy (non-hydrogen) atoms. The smallest absolute Gasteiger partial charge is 0.240 e. The second-order valence-electron chi connectivity index (χ2n) is 6.49. The molecular weight excluding hydrogens is 326 g/mol. The highest BCUT2D eigenvalue weighted by molar-refractivity contribution is 5.79. The van der Waals surface area contributed by atoms with Crippen molar-refractivity contribution >= 4 is 17.2 Å². The molecule has 0 aromatic carbocycles. The van der Waals surface area contributed by atoms with Crippen LogP contribution in [0.2, 0.25) is 0 Å². The molecule has 1 fully saturated rings. The van der Waals surface area contributed by atoms with Gasteiger partial charge in [-0.05, 0) is 6.07 Å². The van der Waals surface area contributed by atoms with E-state index in [4.69, 9.17) is 0 Å². The van der Waals surface area contributed by atoms with Crippen molar-refractivity contribution in [2.75, 3.05) is 12.4 Å². The number of anilines is 1. The van der Waals surface area contributed by atoms with Crippen LogP contribution in [-0.2, 0) is 0 Å². The zero-order valence-corrected chi connectivity index (χ0v) is 15.0. The molecule has 0 atom stereocenters. The molecule has 4 heterocycles. The van der Waals surface area contributed by atoms with Crippen LogP contribution in [-0.4, -0.2) is 36.0 Å². The van der Waals surface area contributed by atoms with Crippen molar-refractivity contribution in [3.63, 3.8) is 0 Å². The van der Waals surface area contributed by atoms with Gasteiger partial charge in [-0.2, -0.15) is 0 Å². The third kappa shape index (κ3) is 3.37. The number of fused-ring (bicyclic) bond motifs is 2. The molecule has 1 saturated carbocycles. The fraction of sp³-hybridized carbons (Fsp3) is 0.368. The van der Waals surface area contributed by atoms with E-state index in [1.165, 1.54) is 38.5 Å². The Labute approximate surface area is 152 Å². The number of rotatable bonds is 2. The molecule has 0 amide bonds. The zero-order chi connectivity index (χ0) is 17.8. The van der Waals surface area contributed by atoms with E-state index in [9.17, 15) is 0 Å². The van der Waals surface area contributed by atoms with Gasteiger partial charge in [-0.1, -0.05) is 38.5 Å². The van der Waals surface area contributed by atoms with Crippen LogP contribution in [0.4, 0.5) is 5.95 Å². The molecular formula is C19H23N7. The molecule has 1 aliphatic carbocycles. The van der Waals surface area contributed by atoms with Gasteiger partial charge in [0, 0.05) is 49.2 Å². The summed E-state index contributed by atoms with van der Waals surface area (Å²) >= 11 is 0. The molecule has 0 spiro atoms. The minimum absolute atomic E-state index is 0.586. The Hall–Kier alpha value is -2.96. The highest BCUT2D eigenvalue weighted by atomic mass is 15.3. The summed E-state index contributed by atoms with van der Waals surface area (Å²) < 4.78 is 3.69. The average molecular weight is 349 g/mol. The molecule has 0 saturated heterocycles. The summed E-state index contributed by atoms with van der Waals surface area (Å²) in [5, 5.41) is 7.27. The minimum Gasteiger partial charge on any atom is -0.356 e. The van der Waals surface area contributed by atoms with Gasteiger partial charge < -0.3 is 5.32 Å². The summed E-state index contributed by atoms with van der Waals surface area (Å²) in [6.07, 6.45) is 20.1. The highest BCUT2D eigenvalue weighted by Gasteiger charge is 2.08. The van der Waals surface area contributed by atoms with E-state index in [0.717, 1.165) is 16.6 Å². The minimum atomic E-state index is 0.586. The normalized spacial score (nSPS) is 14.2. The maximum absolute atomic E-state index is 4.35. The summed E-state index contributed by atoms with van der Waals surface area (Å²) in [6.45, 7) is 0. The maximum Gasteiger partial charge on any atom is 0.240 e. The molecule has 4 aromatic rings. The lowest BCUT2D eigenvalue weighted by Crippen LogP contribution is -2.00. The van der Waals surface area contributed by atoms with E-state index >= 15 is 0 Å². The number of aromatic nitrogens is 6. The fourth-order valence-electron chi connectivity index (χ4n) is 3.28. The van der Waals surface area contributed by atoms with Crippen molar-refractivity contribution in [1.82, 2.24) is 29.0 Å². The monoisotopic (exact) mass is 349 g/mol. The van der Waals surface area contributed by atoms with Crippen molar-refractivity contribution in [2.45, 2.75) is 38.5 Å². The van der Waals surface area contributed by atoms with E-state index in [-0.39, 0.29) is 0 Å². The van der Waals surface area contributed by atoms with Crippen LogP contribution < -0.4 is 5.32 Å². The fourth-order valence-corrected chi connectivity index (χ4v) is 3.28. The van der Waals surface area contributed by atoms with E-state index in [1.807, 2.05) is 35.3 Å². The van der Waals surface area contributed by atoms with Gasteiger partial charge in [-0.3, -0.25) is 4.40 Å². The maximum atomic E-state index is 4.35. The lowest BCUT2D eigenvalue weighted by Gasteiger charge is -2.05. The summed E-state index contributed by atoms with van der Waals surface area (Å²) in [5.41, 5.74) is 2.97. The molecule has 0 radical (unpaired) electrons. The first-order valence-corrected chi connectivity index (χ1v) is 9.16. The summed E-state index contributed by atoms with van der Waals surface area (Å²) in [7, 11) is 1.79. The SMILES string of the molecule is C1CCCCC1.CNc1ncc2c(-c3cnc4nccn4c3)ccn2n1. The first-order valence-electron chi connectivity index (χ1n) is 9.16. The van der Waals surface area contributed by atoms with Crippen molar-refractivity contribution in [3.8, 4) is 11.1 Å². The average Bonchev–Trinajstić information content (AvgIpc) is 3.35. The first-order chi connectivity index (χ1) is 12.8. The van der Waals surface area contributed by atoms with Gasteiger partial charge in [-0.25, -0.2) is 19.5 Å². The van der Waals surface area contributed by atoms with Gasteiger partial charge in [0.2, 0.25) is 11.7 Å². The molecule has 4 aromatic heterocycles. The summed E-state index contributed by atoms with van der Waals surface area (Å²) in [4.78, 5) is 12.7. The number of nitrogens with one attached hydrogen (secondary N) is 1. The molecule has 0 aliphatic heterocycles. The van der Waals surface area contributed by atoms with Crippen molar-refractivity contribution in [3.05, 3.63) is 43.2 Å². The largest absolute Gasteiger partial charge is 0.356 e. The zero-order valence-electron chi connectivity index (χ0n) is 15.0. The molecule has 7 heteroatoms. The highest BCUT2D eigenvalue weighted by Crippen LogP contribution is 2.24. The summed E-state index contributed by atoms with van der Waals surface area (Å²) in [5.74, 6) is 1.27. The van der Waals surface area contributed by atoms with Gasteiger partial charge in [0.25, 0.3) is 0 Å². The van der Waals surface area contributed by atoms with Crippen LogP contribution in [0.15, 0.2) is 43.2 Å². The number of hydrogen-bond acceptors (Lipinski definition) is 5. The molecule has 7 nitrogen and oxygen atoms in total. The Morgan fingerprint density at radius 1 is 0.923 bits per heavy atom. The van der Waals surface area contributed by atoms with Gasteiger partial charge in [0.05, 0.1) is 11.7 Å². The number of nitrogens with zero attached hydrogens (tertiary/aromatic N) is 6. The van der Waals surface area contributed by atoms with Gasteiger partial charge in [0.15, 0.2) is 0 Å². The predicted octanol–water partition coefficient (Wildman–Crippen LogP) is 3.82. The Kier molecular flexibility index (Phi) is 4.77. The van der Waals surface area contributed by atoms with Crippen molar-refractivity contribution < 1.29 is 0 Å². The lowest BCUT2D eigenvalue weighted by molar-refractivity contribution is 0.504. The van der Waals surface area contributed by atoms with Gasteiger partial charge in [0.1, 0.15) is 0 Å². The quantitative estimate of drug-likeness (QED) is 0.595. The Morgan fingerprint density at radius 3 is 2.42 bits per heavy atom. The van der Waals surface area contributed by atoms with Gasteiger partial charge >= 0.3 is 0 Å². The van der Waals surface area contributed by atoms with Crippen LogP contribution >= 0.6 is 0 Å². The van der Waals surface area contributed by atoms with Gasteiger partial charge in [-0.15, -0.1) is 5.10 Å². The van der Waals surface area contributed by atoms with Crippen LogP contribution in [0.3, 0.4) is 0 Å². The Bertz CT molecular complexity index is 986. The molecule has 134 valence electrons. The molecule has 1 aliphatic rings. The van der Waals surface area contributed by atoms with E-state index in [0.29, 0.717) is 11.7 Å². The Morgan fingerprint density at radius 2 is 1.69 bits per heavy atom. The van der Waals surface area contributed by atoms with Crippen molar-refractivity contribution in [1.29, 1.82) is 0 Å². The van der Waals surface area contributed by atoms with Crippen LogP contribution in [0.25, 0.3) is 22.4 Å². The van der Waals surface area contributed by atoms with Crippen molar-refractivity contribution in [2.24, 2.45) is 0 Å². The summed E-state index contributed by atoms with van der Waals surface area (Å²) in [6, 6.07) is 2.00. The van der Waals surface area contributed by atoms with Crippen LogP contribution in [0.5, 0.6) is 0 Å². The molecule has 0 bridgehead atoms. The molecule has 0 unspecified atom stereocenters. The third-order valence-electron chi connectivity index (χ3n) is 4.70. The second kappa shape index (κ2) is 7.51. The molecule has 1 N–H and O–H groups in total. The standard InChI is InChI=1S/C13H11N7.C6H12/c1-14-12-16-7-11-10(2-4-20(11)18-12)9-6-17-13-15-3-5-19(13)8-9;1-2-4-6-5-3-1/h2-8H,1H3,(H,14,18);1-6H2.